The minimum atomic E-state index is -0.606. The van der Waals surface area contributed by atoms with Gasteiger partial charge in [0.05, 0.1) is 17.6 Å². The summed E-state index contributed by atoms with van der Waals surface area (Å²) in [6.45, 7) is 6.17. The van der Waals surface area contributed by atoms with Crippen molar-refractivity contribution >= 4 is 5.69 Å². The van der Waals surface area contributed by atoms with Gasteiger partial charge in [0, 0.05) is 12.6 Å². The molecule has 0 radical (unpaired) electrons. The van der Waals surface area contributed by atoms with Crippen LogP contribution < -0.4 is 5.32 Å². The molecule has 1 saturated carbocycles. The summed E-state index contributed by atoms with van der Waals surface area (Å²) < 4.78 is 1.52. The molecule has 0 aromatic carbocycles. The van der Waals surface area contributed by atoms with Gasteiger partial charge in [0.15, 0.2) is 0 Å². The summed E-state index contributed by atoms with van der Waals surface area (Å²) in [5.74, 6) is 0.715. The van der Waals surface area contributed by atoms with Gasteiger partial charge >= 0.3 is 5.69 Å². The van der Waals surface area contributed by atoms with Gasteiger partial charge in [0.25, 0.3) is 0 Å². The van der Waals surface area contributed by atoms with E-state index >= 15 is 0 Å². The van der Waals surface area contributed by atoms with E-state index < -0.39 is 11.0 Å². The molecule has 2 atom stereocenters. The number of aliphatic hydroxyl groups excluding tert-OH is 1. The zero-order valence-corrected chi connectivity index (χ0v) is 12.9. The Hall–Kier alpha value is -1.47. The number of hydrogen-bond donors (Lipinski definition) is 2. The Kier molecular flexibility index (Phi) is 4.95. The molecular weight excluding hydrogens is 272 g/mol. The highest BCUT2D eigenvalue weighted by atomic mass is 16.6. The van der Waals surface area contributed by atoms with Gasteiger partial charge in [-0.15, -0.1) is 0 Å². The number of aromatic nitrogens is 2. The first-order valence-corrected chi connectivity index (χ1v) is 7.50. The van der Waals surface area contributed by atoms with Crippen LogP contribution in [0, 0.1) is 29.9 Å². The Morgan fingerprint density at radius 2 is 2.19 bits per heavy atom. The topological polar surface area (TPSA) is 93.2 Å². The normalized spacial score (nSPS) is 18.3. The molecule has 1 aliphatic rings. The highest BCUT2D eigenvalue weighted by molar-refractivity contribution is 5.39. The van der Waals surface area contributed by atoms with E-state index in [1.807, 2.05) is 0 Å². The fourth-order valence-corrected chi connectivity index (χ4v) is 2.82. The summed E-state index contributed by atoms with van der Waals surface area (Å²) in [4.78, 5) is 10.5. The number of nitro groups is 1. The van der Waals surface area contributed by atoms with Crippen LogP contribution in [0.2, 0.25) is 0 Å². The van der Waals surface area contributed by atoms with Crippen molar-refractivity contribution < 1.29 is 10.0 Å². The molecule has 1 aliphatic carbocycles. The van der Waals surface area contributed by atoms with Crippen LogP contribution in [-0.4, -0.2) is 38.5 Å². The van der Waals surface area contributed by atoms with E-state index in [-0.39, 0.29) is 12.2 Å². The fourth-order valence-electron chi connectivity index (χ4n) is 2.82. The maximum absolute atomic E-state index is 10.9. The van der Waals surface area contributed by atoms with Crippen molar-refractivity contribution in [2.75, 3.05) is 6.54 Å². The van der Waals surface area contributed by atoms with Crippen molar-refractivity contribution in [1.82, 2.24) is 15.1 Å². The van der Waals surface area contributed by atoms with Crippen molar-refractivity contribution in [3.05, 3.63) is 21.5 Å². The molecule has 0 amide bonds. The molecule has 21 heavy (non-hydrogen) atoms. The van der Waals surface area contributed by atoms with Crippen LogP contribution in [0.15, 0.2) is 0 Å². The minimum Gasteiger partial charge on any atom is -0.390 e. The predicted octanol–water partition coefficient (Wildman–Crippen LogP) is 1.55. The molecule has 2 rings (SSSR count). The Morgan fingerprint density at radius 3 is 2.67 bits per heavy atom. The van der Waals surface area contributed by atoms with Crippen molar-refractivity contribution in [3.63, 3.8) is 0 Å². The van der Waals surface area contributed by atoms with Crippen LogP contribution in [0.1, 0.15) is 37.6 Å². The van der Waals surface area contributed by atoms with Gasteiger partial charge in [-0.2, -0.15) is 5.10 Å². The second-order valence-corrected chi connectivity index (χ2v) is 6.00. The standard InChI is InChI=1S/C14H24N4O3/c1-9(12-5-4-6-12)15-7-13(19)8-17-11(3)14(18(20)21)10(2)16-17/h9,12-13,15,19H,4-8H2,1-3H3. The molecule has 1 fully saturated rings. The zero-order chi connectivity index (χ0) is 15.6. The van der Waals surface area contributed by atoms with Crippen LogP contribution in [-0.2, 0) is 6.54 Å². The first-order valence-electron chi connectivity index (χ1n) is 7.50. The Balaban J connectivity index is 1.89. The Morgan fingerprint density at radius 1 is 1.52 bits per heavy atom. The molecule has 1 heterocycles. The van der Waals surface area contributed by atoms with Gasteiger partial charge in [-0.25, -0.2) is 0 Å². The van der Waals surface area contributed by atoms with E-state index in [9.17, 15) is 15.2 Å². The summed E-state index contributed by atoms with van der Waals surface area (Å²) in [5.41, 5.74) is 0.919. The van der Waals surface area contributed by atoms with Crippen molar-refractivity contribution in [2.24, 2.45) is 5.92 Å². The van der Waals surface area contributed by atoms with E-state index in [2.05, 4.69) is 17.3 Å². The average Bonchev–Trinajstić information content (AvgIpc) is 2.59. The second kappa shape index (κ2) is 6.53. The smallest absolute Gasteiger partial charge is 0.312 e. The fraction of sp³-hybridized carbons (Fsp3) is 0.786. The lowest BCUT2D eigenvalue weighted by Gasteiger charge is -2.32. The molecule has 0 saturated heterocycles. The average molecular weight is 296 g/mol. The zero-order valence-electron chi connectivity index (χ0n) is 12.9. The maximum atomic E-state index is 10.9. The lowest BCUT2D eigenvalue weighted by Crippen LogP contribution is -2.42. The van der Waals surface area contributed by atoms with Crippen molar-refractivity contribution in [1.29, 1.82) is 0 Å². The number of nitrogens with zero attached hydrogens (tertiary/aromatic N) is 3. The molecule has 7 nitrogen and oxygen atoms in total. The van der Waals surface area contributed by atoms with E-state index in [0.717, 1.165) is 0 Å². The molecule has 0 aliphatic heterocycles. The monoisotopic (exact) mass is 296 g/mol. The highest BCUT2D eigenvalue weighted by Crippen LogP contribution is 2.29. The van der Waals surface area contributed by atoms with Crippen LogP contribution in [0.25, 0.3) is 0 Å². The number of aliphatic hydroxyl groups is 1. The number of nitrogens with one attached hydrogen (secondary N) is 1. The van der Waals surface area contributed by atoms with Gasteiger partial charge in [-0.05, 0) is 39.5 Å². The summed E-state index contributed by atoms with van der Waals surface area (Å²) in [6.07, 6.45) is 3.21. The molecular formula is C14H24N4O3. The molecule has 2 unspecified atom stereocenters. The molecule has 0 spiro atoms. The third-order valence-corrected chi connectivity index (χ3v) is 4.44. The number of aryl methyl sites for hydroxylation is 1. The predicted molar refractivity (Wildman–Crippen MR) is 79.2 cm³/mol. The van der Waals surface area contributed by atoms with Gasteiger partial charge in [0.2, 0.25) is 0 Å². The first kappa shape index (κ1) is 15.9. The maximum Gasteiger partial charge on any atom is 0.312 e. The Labute approximate surface area is 124 Å². The molecule has 1 aromatic rings. The van der Waals surface area contributed by atoms with Crippen molar-refractivity contribution in [2.45, 2.75) is 58.7 Å². The molecule has 118 valence electrons. The number of rotatable bonds is 7. The number of hydrogen-bond acceptors (Lipinski definition) is 5. The van der Waals surface area contributed by atoms with Gasteiger partial charge < -0.3 is 10.4 Å². The third kappa shape index (κ3) is 3.59. The van der Waals surface area contributed by atoms with Crippen LogP contribution >= 0.6 is 0 Å². The second-order valence-electron chi connectivity index (χ2n) is 6.00. The molecule has 1 aromatic heterocycles. The quantitative estimate of drug-likeness (QED) is 0.588. The van der Waals surface area contributed by atoms with Crippen LogP contribution in [0.5, 0.6) is 0 Å². The van der Waals surface area contributed by atoms with Gasteiger partial charge in [-0.1, -0.05) is 6.42 Å². The van der Waals surface area contributed by atoms with E-state index in [1.54, 1.807) is 13.8 Å². The van der Waals surface area contributed by atoms with E-state index in [0.29, 0.717) is 29.9 Å². The third-order valence-electron chi connectivity index (χ3n) is 4.44. The van der Waals surface area contributed by atoms with E-state index in [4.69, 9.17) is 0 Å². The molecule has 0 bridgehead atoms. The minimum absolute atomic E-state index is 0.0398. The lowest BCUT2D eigenvalue weighted by atomic mass is 9.80. The lowest BCUT2D eigenvalue weighted by molar-refractivity contribution is -0.386. The molecule has 7 heteroatoms. The SMILES string of the molecule is Cc1nn(CC(O)CNC(C)C2CCC2)c(C)c1[N+](=O)[O-]. The summed E-state index contributed by atoms with van der Waals surface area (Å²) >= 11 is 0. The van der Waals surface area contributed by atoms with Crippen molar-refractivity contribution in [3.8, 4) is 0 Å². The van der Waals surface area contributed by atoms with Gasteiger partial charge in [-0.3, -0.25) is 14.8 Å². The first-order chi connectivity index (χ1) is 9.90. The van der Waals surface area contributed by atoms with E-state index in [1.165, 1.54) is 23.9 Å². The largest absolute Gasteiger partial charge is 0.390 e. The summed E-state index contributed by atoms with van der Waals surface area (Å²) in [5, 5.41) is 28.5. The Bertz CT molecular complexity index is 511. The van der Waals surface area contributed by atoms with Crippen LogP contribution in [0.3, 0.4) is 0 Å². The van der Waals surface area contributed by atoms with Gasteiger partial charge in [0.1, 0.15) is 11.4 Å². The van der Waals surface area contributed by atoms with Crippen LogP contribution in [0.4, 0.5) is 5.69 Å². The summed E-state index contributed by atoms with van der Waals surface area (Å²) in [7, 11) is 0. The highest BCUT2D eigenvalue weighted by Gasteiger charge is 2.25. The molecule has 2 N–H and O–H groups in total. The summed E-state index contributed by atoms with van der Waals surface area (Å²) in [6, 6.07) is 0.406.